The Bertz CT molecular complexity index is 1050. The van der Waals surface area contributed by atoms with Crippen LogP contribution in [0.25, 0.3) is 0 Å². The van der Waals surface area contributed by atoms with Gasteiger partial charge in [0.05, 0.1) is 0 Å². The Morgan fingerprint density at radius 1 is 0.323 bits per heavy atom. The topological polar surface area (TPSA) is 78.9 Å². The minimum Gasteiger partial charge on any atom is -0.462 e. The zero-order chi connectivity index (χ0) is 45.1. The van der Waals surface area contributed by atoms with E-state index in [1.807, 2.05) is 0 Å². The maximum Gasteiger partial charge on any atom is 0.306 e. The molecule has 0 bridgehead atoms. The Kier molecular flexibility index (Phi) is 49.3. The van der Waals surface area contributed by atoms with Crippen LogP contribution in [-0.4, -0.2) is 37.2 Å². The van der Waals surface area contributed by atoms with E-state index in [0.29, 0.717) is 19.3 Å². The normalized spacial score (nSPS) is 12.2. The number of esters is 3. The lowest BCUT2D eigenvalue weighted by Crippen LogP contribution is -2.30. The number of rotatable bonds is 49. The van der Waals surface area contributed by atoms with Gasteiger partial charge in [-0.1, -0.05) is 237 Å². The SMILES string of the molecule is CCCC/C=C\C/C=C\CCCCCCCC(=O)O[C@H](COC(=O)CCCCCCC/C=C\CCCC)COC(=O)CCCCCCCCCCCCCCCCCCCCC. The zero-order valence-corrected chi connectivity index (χ0v) is 41.4. The van der Waals surface area contributed by atoms with E-state index in [-0.39, 0.29) is 31.1 Å². The molecule has 6 heteroatoms. The third-order valence-electron chi connectivity index (χ3n) is 11.9. The first-order valence-corrected chi connectivity index (χ1v) is 27.0. The maximum atomic E-state index is 12.8. The molecule has 0 saturated heterocycles. The highest BCUT2D eigenvalue weighted by Crippen LogP contribution is 2.16. The van der Waals surface area contributed by atoms with E-state index < -0.39 is 6.10 Å². The number of carbonyl (C=O) groups excluding carboxylic acids is 3. The first-order chi connectivity index (χ1) is 30.5. The molecule has 0 N–H and O–H groups in total. The number of unbranched alkanes of at least 4 members (excludes halogenated alkanes) is 32. The Morgan fingerprint density at radius 3 is 0.952 bits per heavy atom. The summed E-state index contributed by atoms with van der Waals surface area (Å²) in [6.07, 6.45) is 59.9. The van der Waals surface area contributed by atoms with E-state index in [9.17, 15) is 14.4 Å². The van der Waals surface area contributed by atoms with E-state index >= 15 is 0 Å². The van der Waals surface area contributed by atoms with Crippen LogP contribution < -0.4 is 0 Å². The van der Waals surface area contributed by atoms with Crippen LogP contribution in [-0.2, 0) is 28.6 Å². The Balaban J connectivity index is 4.30. The zero-order valence-electron chi connectivity index (χ0n) is 41.4. The summed E-state index contributed by atoms with van der Waals surface area (Å²) in [5.41, 5.74) is 0. The highest BCUT2D eigenvalue weighted by Gasteiger charge is 2.19. The monoisotopic (exact) mass is 871 g/mol. The molecule has 0 fully saturated rings. The van der Waals surface area contributed by atoms with E-state index in [2.05, 4.69) is 57.2 Å². The van der Waals surface area contributed by atoms with Crippen LogP contribution >= 0.6 is 0 Å². The second-order valence-corrected chi connectivity index (χ2v) is 18.1. The highest BCUT2D eigenvalue weighted by atomic mass is 16.6. The fraction of sp³-hybridized carbons (Fsp3) is 0.839. The van der Waals surface area contributed by atoms with Crippen molar-refractivity contribution in [3.63, 3.8) is 0 Å². The van der Waals surface area contributed by atoms with E-state index in [1.165, 1.54) is 154 Å². The van der Waals surface area contributed by atoms with Gasteiger partial charge in [0.15, 0.2) is 6.10 Å². The molecule has 0 spiro atoms. The van der Waals surface area contributed by atoms with Gasteiger partial charge in [-0.3, -0.25) is 14.4 Å². The Labute approximate surface area is 385 Å². The molecule has 0 radical (unpaired) electrons. The fourth-order valence-electron chi connectivity index (χ4n) is 7.73. The standard InChI is InChI=1S/C56H102O6/c1-4-7-10-13-16-19-22-24-26-27-28-29-30-32-34-37-40-43-46-49-55(58)61-52-53(51-60-54(57)48-45-42-39-36-33-21-18-15-12-9-6-3)62-56(59)50-47-44-41-38-35-31-25-23-20-17-14-11-8-5-2/h14-15,17-18,23,25,53H,4-13,16,19-22,24,26-52H2,1-3H3/b17-14-,18-15-,25-23-/t53-/m1/s1. The van der Waals surface area contributed by atoms with Crippen molar-refractivity contribution in [2.24, 2.45) is 0 Å². The van der Waals surface area contributed by atoms with Crippen LogP contribution in [0.3, 0.4) is 0 Å². The predicted octanol–water partition coefficient (Wildman–Crippen LogP) is 17.7. The maximum absolute atomic E-state index is 12.8. The lowest BCUT2D eigenvalue weighted by atomic mass is 10.0. The van der Waals surface area contributed by atoms with Gasteiger partial charge in [-0.25, -0.2) is 0 Å². The van der Waals surface area contributed by atoms with Gasteiger partial charge < -0.3 is 14.2 Å². The predicted molar refractivity (Wildman–Crippen MR) is 266 cm³/mol. The first kappa shape index (κ1) is 59.6. The largest absolute Gasteiger partial charge is 0.462 e. The highest BCUT2D eigenvalue weighted by molar-refractivity contribution is 5.71. The molecule has 0 aromatic rings. The van der Waals surface area contributed by atoms with E-state index in [0.717, 1.165) is 89.9 Å². The molecule has 0 aromatic heterocycles. The second kappa shape index (κ2) is 51.3. The third kappa shape index (κ3) is 48.7. The number of hydrogen-bond acceptors (Lipinski definition) is 6. The quantitative estimate of drug-likeness (QED) is 0.0262. The first-order valence-electron chi connectivity index (χ1n) is 27.0. The van der Waals surface area contributed by atoms with Crippen LogP contribution in [0.15, 0.2) is 36.5 Å². The number of ether oxygens (including phenoxy) is 3. The lowest BCUT2D eigenvalue weighted by Gasteiger charge is -2.18. The van der Waals surface area contributed by atoms with E-state index in [4.69, 9.17) is 14.2 Å². The van der Waals surface area contributed by atoms with Gasteiger partial charge >= 0.3 is 17.9 Å². The molecular formula is C56H102O6. The summed E-state index contributed by atoms with van der Waals surface area (Å²) in [6.45, 7) is 6.57. The van der Waals surface area contributed by atoms with Crippen molar-refractivity contribution in [1.82, 2.24) is 0 Å². The number of carbonyl (C=O) groups is 3. The molecule has 6 nitrogen and oxygen atoms in total. The summed E-state index contributed by atoms with van der Waals surface area (Å²) in [5.74, 6) is -0.890. The van der Waals surface area contributed by atoms with Crippen LogP contribution in [0, 0.1) is 0 Å². The van der Waals surface area contributed by atoms with Crippen molar-refractivity contribution in [3.05, 3.63) is 36.5 Å². The van der Waals surface area contributed by atoms with Gasteiger partial charge in [0.1, 0.15) is 13.2 Å². The fourth-order valence-corrected chi connectivity index (χ4v) is 7.73. The average molecular weight is 871 g/mol. The summed E-state index contributed by atoms with van der Waals surface area (Å²) in [6, 6.07) is 0. The van der Waals surface area contributed by atoms with Gasteiger partial charge in [0, 0.05) is 19.3 Å². The second-order valence-electron chi connectivity index (χ2n) is 18.1. The molecule has 0 aliphatic rings. The number of hydrogen-bond donors (Lipinski definition) is 0. The molecule has 0 aliphatic carbocycles. The Hall–Kier alpha value is -2.37. The summed E-state index contributed by atoms with van der Waals surface area (Å²) >= 11 is 0. The lowest BCUT2D eigenvalue weighted by molar-refractivity contribution is -0.167. The van der Waals surface area contributed by atoms with Crippen molar-refractivity contribution in [2.75, 3.05) is 13.2 Å². The molecular weight excluding hydrogens is 769 g/mol. The van der Waals surface area contributed by atoms with Crippen LogP contribution in [0.1, 0.15) is 284 Å². The molecule has 0 heterocycles. The van der Waals surface area contributed by atoms with Crippen molar-refractivity contribution >= 4 is 17.9 Å². The summed E-state index contributed by atoms with van der Waals surface area (Å²) < 4.78 is 16.8. The Morgan fingerprint density at radius 2 is 0.597 bits per heavy atom. The minimum absolute atomic E-state index is 0.0775. The molecule has 0 rings (SSSR count). The van der Waals surface area contributed by atoms with Gasteiger partial charge in [0.25, 0.3) is 0 Å². The van der Waals surface area contributed by atoms with Crippen molar-refractivity contribution in [1.29, 1.82) is 0 Å². The van der Waals surface area contributed by atoms with Gasteiger partial charge in [-0.2, -0.15) is 0 Å². The van der Waals surface area contributed by atoms with Crippen LogP contribution in [0.5, 0.6) is 0 Å². The molecule has 362 valence electrons. The van der Waals surface area contributed by atoms with Crippen molar-refractivity contribution < 1.29 is 28.6 Å². The summed E-state index contributed by atoms with van der Waals surface area (Å²) in [4.78, 5) is 38.0. The molecule has 0 unspecified atom stereocenters. The molecule has 62 heavy (non-hydrogen) atoms. The molecule has 0 saturated carbocycles. The third-order valence-corrected chi connectivity index (χ3v) is 11.9. The summed E-state index contributed by atoms with van der Waals surface area (Å²) in [5, 5.41) is 0. The molecule has 0 aromatic carbocycles. The van der Waals surface area contributed by atoms with Gasteiger partial charge in [-0.15, -0.1) is 0 Å². The van der Waals surface area contributed by atoms with Gasteiger partial charge in [0.2, 0.25) is 0 Å². The smallest absolute Gasteiger partial charge is 0.306 e. The van der Waals surface area contributed by atoms with Gasteiger partial charge in [-0.05, 0) is 64.2 Å². The molecule has 0 amide bonds. The molecule has 0 aliphatic heterocycles. The van der Waals surface area contributed by atoms with Crippen molar-refractivity contribution in [2.45, 2.75) is 290 Å². The van der Waals surface area contributed by atoms with Crippen LogP contribution in [0.2, 0.25) is 0 Å². The van der Waals surface area contributed by atoms with Crippen molar-refractivity contribution in [3.8, 4) is 0 Å². The minimum atomic E-state index is -0.779. The van der Waals surface area contributed by atoms with E-state index in [1.54, 1.807) is 0 Å². The number of allylic oxidation sites excluding steroid dienone is 6. The molecule has 1 atom stereocenters. The average Bonchev–Trinajstić information content (AvgIpc) is 3.27. The van der Waals surface area contributed by atoms with Crippen LogP contribution in [0.4, 0.5) is 0 Å². The summed E-state index contributed by atoms with van der Waals surface area (Å²) in [7, 11) is 0.